The summed E-state index contributed by atoms with van der Waals surface area (Å²) in [6.45, 7) is 6.11. The zero-order chi connectivity index (χ0) is 16.4. The topological polar surface area (TPSA) is 80.4 Å². The fourth-order valence-corrected chi connectivity index (χ4v) is 3.50. The van der Waals surface area contributed by atoms with Crippen molar-refractivity contribution in [2.45, 2.75) is 33.0 Å². The first-order chi connectivity index (χ1) is 11.0. The van der Waals surface area contributed by atoms with Gasteiger partial charge >= 0.3 is 0 Å². The van der Waals surface area contributed by atoms with Gasteiger partial charge in [-0.25, -0.2) is 13.1 Å². The highest BCUT2D eigenvalue weighted by atomic mass is 32.2. The van der Waals surface area contributed by atoms with Crippen LogP contribution in [0.25, 0.3) is 0 Å². The molecule has 0 unspecified atom stereocenters. The van der Waals surface area contributed by atoms with E-state index in [0.29, 0.717) is 13.1 Å². The summed E-state index contributed by atoms with van der Waals surface area (Å²) < 4.78 is 33.6. The monoisotopic (exact) mass is 338 g/mol. The number of fused-ring (bicyclic) bond motifs is 1. The Morgan fingerprint density at radius 1 is 1.39 bits per heavy atom. The normalized spacial score (nSPS) is 19.0. The lowest BCUT2D eigenvalue weighted by molar-refractivity contribution is 0.157. The lowest BCUT2D eigenvalue weighted by atomic mass is 10.2. The maximum atomic E-state index is 11.7. The van der Waals surface area contributed by atoms with Gasteiger partial charge in [-0.05, 0) is 32.0 Å². The quantitative estimate of drug-likeness (QED) is 0.858. The predicted octanol–water partition coefficient (Wildman–Crippen LogP) is 1.28. The molecule has 0 aromatic carbocycles. The average molecular weight is 338 g/mol. The molecular weight excluding hydrogens is 316 g/mol. The van der Waals surface area contributed by atoms with E-state index in [2.05, 4.69) is 14.7 Å². The van der Waals surface area contributed by atoms with Crippen LogP contribution in [0.2, 0.25) is 0 Å². The number of aromatic nitrogens is 2. The molecule has 8 heteroatoms. The van der Waals surface area contributed by atoms with Crippen molar-refractivity contribution in [2.75, 3.05) is 18.8 Å². The van der Waals surface area contributed by atoms with Crippen LogP contribution >= 0.6 is 0 Å². The summed E-state index contributed by atoms with van der Waals surface area (Å²) in [5.41, 5.74) is 1.08. The third kappa shape index (κ3) is 3.82. The molecule has 3 heterocycles. The van der Waals surface area contributed by atoms with Gasteiger partial charge in [0.05, 0.1) is 24.0 Å². The van der Waals surface area contributed by atoms with Gasteiger partial charge in [0.2, 0.25) is 10.0 Å². The van der Waals surface area contributed by atoms with E-state index in [-0.39, 0.29) is 11.8 Å². The number of nitrogens with zero attached hydrogens (tertiary/aromatic N) is 3. The van der Waals surface area contributed by atoms with Gasteiger partial charge < -0.3 is 4.42 Å². The fraction of sp³-hybridized carbons (Fsp3) is 0.533. The van der Waals surface area contributed by atoms with E-state index < -0.39 is 10.0 Å². The number of aryl methyl sites for hydroxylation is 1. The molecule has 126 valence electrons. The Kier molecular flexibility index (Phi) is 4.56. The molecule has 1 atom stereocenters. The molecule has 0 saturated heterocycles. The summed E-state index contributed by atoms with van der Waals surface area (Å²) >= 11 is 0. The summed E-state index contributed by atoms with van der Waals surface area (Å²) in [5, 5.41) is 4.34. The van der Waals surface area contributed by atoms with E-state index in [1.54, 1.807) is 13.1 Å². The van der Waals surface area contributed by atoms with Crippen molar-refractivity contribution >= 4 is 10.0 Å². The first-order valence-electron chi connectivity index (χ1n) is 7.74. The Hall–Kier alpha value is -1.64. The standard InChI is InChI=1S/C15H22N4O3S/c1-3-23(20,21)17-8-14-10-18(9-13-6-7-16-19(13)14)11-15-5-4-12(2)22-15/h4-7,14,17H,3,8-11H2,1-2H3/t14-/m1/s1. The van der Waals surface area contributed by atoms with Crippen LogP contribution < -0.4 is 4.72 Å². The number of hydrogen-bond acceptors (Lipinski definition) is 5. The van der Waals surface area contributed by atoms with Gasteiger partial charge in [-0.3, -0.25) is 9.58 Å². The van der Waals surface area contributed by atoms with E-state index in [0.717, 1.165) is 30.3 Å². The maximum absolute atomic E-state index is 11.7. The van der Waals surface area contributed by atoms with E-state index in [1.807, 2.05) is 29.8 Å². The molecule has 1 N–H and O–H groups in total. The minimum atomic E-state index is -3.21. The molecule has 0 aliphatic carbocycles. The third-order valence-corrected chi connectivity index (χ3v) is 5.41. The van der Waals surface area contributed by atoms with E-state index in [4.69, 9.17) is 4.42 Å². The van der Waals surface area contributed by atoms with Crippen molar-refractivity contribution in [3.63, 3.8) is 0 Å². The van der Waals surface area contributed by atoms with Crippen LogP contribution in [0.4, 0.5) is 0 Å². The minimum Gasteiger partial charge on any atom is -0.465 e. The Balaban J connectivity index is 1.72. The van der Waals surface area contributed by atoms with Crippen LogP contribution in [-0.2, 0) is 23.1 Å². The highest BCUT2D eigenvalue weighted by molar-refractivity contribution is 7.89. The van der Waals surface area contributed by atoms with Gasteiger partial charge in [0, 0.05) is 25.8 Å². The number of hydrogen-bond donors (Lipinski definition) is 1. The summed E-state index contributed by atoms with van der Waals surface area (Å²) in [5.74, 6) is 1.90. The molecule has 0 radical (unpaired) electrons. The molecule has 0 fully saturated rings. The Morgan fingerprint density at radius 2 is 2.22 bits per heavy atom. The SMILES string of the molecule is CCS(=O)(=O)NC[C@@H]1CN(Cc2ccc(C)o2)Cc2ccnn21. The maximum Gasteiger partial charge on any atom is 0.211 e. The molecule has 0 spiro atoms. The zero-order valence-electron chi connectivity index (χ0n) is 13.4. The molecule has 3 rings (SSSR count). The van der Waals surface area contributed by atoms with Gasteiger partial charge in [0.1, 0.15) is 11.5 Å². The van der Waals surface area contributed by atoms with E-state index in [9.17, 15) is 8.42 Å². The molecule has 0 bridgehead atoms. The van der Waals surface area contributed by atoms with Crippen LogP contribution in [0.3, 0.4) is 0 Å². The molecule has 0 saturated carbocycles. The Labute approximate surface area is 136 Å². The number of rotatable bonds is 6. The van der Waals surface area contributed by atoms with E-state index in [1.165, 1.54) is 0 Å². The van der Waals surface area contributed by atoms with E-state index >= 15 is 0 Å². The highest BCUT2D eigenvalue weighted by Crippen LogP contribution is 2.22. The second kappa shape index (κ2) is 6.46. The molecule has 1 aliphatic heterocycles. The molecule has 2 aromatic rings. The Morgan fingerprint density at radius 3 is 2.91 bits per heavy atom. The van der Waals surface area contributed by atoms with Crippen LogP contribution in [0, 0.1) is 6.92 Å². The molecular formula is C15H22N4O3S. The lowest BCUT2D eigenvalue weighted by Gasteiger charge is -2.33. The molecule has 0 amide bonds. The second-order valence-electron chi connectivity index (χ2n) is 5.85. The summed E-state index contributed by atoms with van der Waals surface area (Å²) in [7, 11) is -3.21. The minimum absolute atomic E-state index is 0.0221. The number of sulfonamides is 1. The zero-order valence-corrected chi connectivity index (χ0v) is 14.2. The third-order valence-electron chi connectivity index (χ3n) is 4.05. The van der Waals surface area contributed by atoms with Crippen molar-refractivity contribution in [2.24, 2.45) is 0 Å². The molecule has 1 aliphatic rings. The average Bonchev–Trinajstić information content (AvgIpc) is 3.14. The van der Waals surface area contributed by atoms with Crippen LogP contribution in [0.5, 0.6) is 0 Å². The predicted molar refractivity (Wildman–Crippen MR) is 86.3 cm³/mol. The van der Waals surface area contributed by atoms with Gasteiger partial charge in [-0.2, -0.15) is 5.10 Å². The van der Waals surface area contributed by atoms with Gasteiger partial charge in [0.25, 0.3) is 0 Å². The van der Waals surface area contributed by atoms with Crippen molar-refractivity contribution in [1.29, 1.82) is 0 Å². The molecule has 23 heavy (non-hydrogen) atoms. The fourth-order valence-electron chi connectivity index (χ4n) is 2.85. The van der Waals surface area contributed by atoms with Crippen LogP contribution in [0.1, 0.15) is 30.2 Å². The first kappa shape index (κ1) is 16.2. The number of furan rings is 1. The summed E-state index contributed by atoms with van der Waals surface area (Å²) in [6, 6.07) is 5.89. The largest absolute Gasteiger partial charge is 0.465 e. The van der Waals surface area contributed by atoms with Crippen LogP contribution in [0.15, 0.2) is 28.8 Å². The second-order valence-corrected chi connectivity index (χ2v) is 7.95. The summed E-state index contributed by atoms with van der Waals surface area (Å²) in [4.78, 5) is 2.25. The lowest BCUT2D eigenvalue weighted by Crippen LogP contribution is -2.42. The molecule has 2 aromatic heterocycles. The highest BCUT2D eigenvalue weighted by Gasteiger charge is 2.27. The number of nitrogens with one attached hydrogen (secondary N) is 1. The smallest absolute Gasteiger partial charge is 0.211 e. The van der Waals surface area contributed by atoms with Crippen molar-refractivity contribution in [1.82, 2.24) is 19.4 Å². The Bertz CT molecular complexity index is 765. The first-order valence-corrected chi connectivity index (χ1v) is 9.39. The van der Waals surface area contributed by atoms with Crippen molar-refractivity contribution in [3.8, 4) is 0 Å². The van der Waals surface area contributed by atoms with Gasteiger partial charge in [0.15, 0.2) is 0 Å². The van der Waals surface area contributed by atoms with Gasteiger partial charge in [-0.1, -0.05) is 0 Å². The van der Waals surface area contributed by atoms with Crippen LogP contribution in [-0.4, -0.2) is 41.9 Å². The van der Waals surface area contributed by atoms with Crippen molar-refractivity contribution < 1.29 is 12.8 Å². The van der Waals surface area contributed by atoms with Crippen molar-refractivity contribution in [3.05, 3.63) is 41.6 Å². The van der Waals surface area contributed by atoms with Gasteiger partial charge in [-0.15, -0.1) is 0 Å². The molecule has 7 nitrogen and oxygen atoms in total. The summed E-state index contributed by atoms with van der Waals surface area (Å²) in [6.07, 6.45) is 1.76.